The van der Waals surface area contributed by atoms with Gasteiger partial charge >= 0.3 is 0 Å². The van der Waals surface area contributed by atoms with E-state index in [4.69, 9.17) is 4.84 Å². The van der Waals surface area contributed by atoms with Crippen LogP contribution in [0.2, 0.25) is 0 Å². The maximum Gasteiger partial charge on any atom is 0.168 e. The number of carbonyl (C=O) groups is 1. The number of hydrogen-bond acceptors (Lipinski definition) is 4. The summed E-state index contributed by atoms with van der Waals surface area (Å²) in [4.78, 5) is 17.9. The molecule has 2 aliphatic carbocycles. The molecule has 1 N–H and O–H groups in total. The van der Waals surface area contributed by atoms with Gasteiger partial charge in [-0.1, -0.05) is 37.6 Å². The molecule has 0 saturated heterocycles. The van der Waals surface area contributed by atoms with E-state index in [9.17, 15) is 9.90 Å². The van der Waals surface area contributed by atoms with Crippen LogP contribution >= 0.6 is 0 Å². The molecular formula is C19H29NO3. The standard InChI is InChI=1S/C19H29NO3/c1-3-8-16(20-23-11-4-2)19-17(21)12-15(13-18(19)22)14-9-6-5-7-10-14/h5-6,14-15,21H,3-4,7-13H2,1-2H3/b20-16-. The maximum atomic E-state index is 12.6. The predicted octanol–water partition coefficient (Wildman–Crippen LogP) is 4.72. The lowest BCUT2D eigenvalue weighted by molar-refractivity contribution is -0.117. The number of ketones is 1. The highest BCUT2D eigenvalue weighted by Crippen LogP contribution is 2.37. The number of Topliss-reactive ketones (excluding diaryl/α,β-unsaturated/α-hetero) is 1. The highest BCUT2D eigenvalue weighted by molar-refractivity contribution is 6.23. The van der Waals surface area contributed by atoms with Crippen molar-refractivity contribution in [2.45, 2.75) is 65.2 Å². The molecule has 4 heteroatoms. The zero-order chi connectivity index (χ0) is 16.7. The lowest BCUT2D eigenvalue weighted by Crippen LogP contribution is -2.29. The number of oxime groups is 1. The molecule has 2 atom stereocenters. The molecule has 2 rings (SSSR count). The second-order valence-electron chi connectivity index (χ2n) is 6.58. The maximum absolute atomic E-state index is 12.6. The van der Waals surface area contributed by atoms with Crippen LogP contribution in [0.3, 0.4) is 0 Å². The van der Waals surface area contributed by atoms with E-state index in [1.54, 1.807) is 0 Å². The third kappa shape index (κ3) is 4.69. The van der Waals surface area contributed by atoms with Crippen LogP contribution in [-0.2, 0) is 9.63 Å². The second-order valence-corrected chi connectivity index (χ2v) is 6.58. The van der Waals surface area contributed by atoms with Gasteiger partial charge in [-0.15, -0.1) is 0 Å². The van der Waals surface area contributed by atoms with Gasteiger partial charge in [0.2, 0.25) is 0 Å². The number of hydrogen-bond donors (Lipinski definition) is 1. The molecular weight excluding hydrogens is 290 g/mol. The van der Waals surface area contributed by atoms with Gasteiger partial charge in [-0.3, -0.25) is 4.79 Å². The summed E-state index contributed by atoms with van der Waals surface area (Å²) in [6, 6.07) is 0. The Hall–Kier alpha value is -1.58. The highest BCUT2D eigenvalue weighted by atomic mass is 16.6. The third-order valence-electron chi connectivity index (χ3n) is 4.69. The summed E-state index contributed by atoms with van der Waals surface area (Å²) in [7, 11) is 0. The quantitative estimate of drug-likeness (QED) is 0.320. The van der Waals surface area contributed by atoms with Crippen LogP contribution < -0.4 is 0 Å². The van der Waals surface area contributed by atoms with Gasteiger partial charge in [-0.05, 0) is 43.9 Å². The van der Waals surface area contributed by atoms with Crippen LogP contribution in [0.1, 0.15) is 65.2 Å². The molecule has 0 saturated carbocycles. The second kappa shape index (κ2) is 8.90. The van der Waals surface area contributed by atoms with Crippen LogP contribution in [0.5, 0.6) is 0 Å². The van der Waals surface area contributed by atoms with E-state index in [0.717, 1.165) is 32.1 Å². The first-order valence-corrected chi connectivity index (χ1v) is 8.96. The minimum absolute atomic E-state index is 0.0283. The molecule has 0 aromatic heterocycles. The topological polar surface area (TPSA) is 58.9 Å². The van der Waals surface area contributed by atoms with E-state index < -0.39 is 0 Å². The summed E-state index contributed by atoms with van der Waals surface area (Å²) in [5, 5.41) is 14.6. The first-order chi connectivity index (χ1) is 11.2. The smallest absolute Gasteiger partial charge is 0.168 e. The minimum atomic E-state index is 0.0283. The molecule has 0 amide bonds. The van der Waals surface area contributed by atoms with E-state index >= 15 is 0 Å². The van der Waals surface area contributed by atoms with Gasteiger partial charge in [0, 0.05) is 12.8 Å². The average Bonchev–Trinajstić information content (AvgIpc) is 2.55. The molecule has 4 nitrogen and oxygen atoms in total. The van der Waals surface area contributed by atoms with Gasteiger partial charge < -0.3 is 9.94 Å². The van der Waals surface area contributed by atoms with Crippen molar-refractivity contribution in [1.29, 1.82) is 0 Å². The number of aliphatic hydroxyl groups is 1. The Bertz CT molecular complexity index is 505. The third-order valence-corrected chi connectivity index (χ3v) is 4.69. The molecule has 0 aromatic rings. The van der Waals surface area contributed by atoms with Crippen molar-refractivity contribution in [2.75, 3.05) is 6.61 Å². The summed E-state index contributed by atoms with van der Waals surface area (Å²) in [5.41, 5.74) is 1.04. The van der Waals surface area contributed by atoms with E-state index in [-0.39, 0.29) is 17.5 Å². The molecule has 0 heterocycles. The SMILES string of the molecule is CCCO/N=C(/CCC)C1=C(O)CC(C2CC=CCC2)CC1=O. The van der Waals surface area contributed by atoms with Crippen molar-refractivity contribution < 1.29 is 14.7 Å². The van der Waals surface area contributed by atoms with Gasteiger partial charge in [0.15, 0.2) is 5.78 Å². The monoisotopic (exact) mass is 319 g/mol. The van der Waals surface area contributed by atoms with Crippen LogP contribution in [0.15, 0.2) is 28.6 Å². The van der Waals surface area contributed by atoms with Gasteiger partial charge in [-0.2, -0.15) is 0 Å². The summed E-state index contributed by atoms with van der Waals surface area (Å²) >= 11 is 0. The predicted molar refractivity (Wildman–Crippen MR) is 92.5 cm³/mol. The normalized spacial score (nSPS) is 25.8. The Balaban J connectivity index is 2.14. The fourth-order valence-electron chi connectivity index (χ4n) is 3.50. The van der Waals surface area contributed by atoms with Gasteiger partial charge in [0.1, 0.15) is 12.4 Å². The van der Waals surface area contributed by atoms with E-state index in [2.05, 4.69) is 17.3 Å². The molecule has 0 aliphatic heterocycles. The van der Waals surface area contributed by atoms with Crippen LogP contribution in [0.25, 0.3) is 0 Å². The zero-order valence-electron chi connectivity index (χ0n) is 14.4. The fourth-order valence-corrected chi connectivity index (χ4v) is 3.50. The Morgan fingerprint density at radius 2 is 2.09 bits per heavy atom. The largest absolute Gasteiger partial charge is 0.511 e. The molecule has 0 bridgehead atoms. The summed E-state index contributed by atoms with van der Waals surface area (Å²) < 4.78 is 0. The molecule has 23 heavy (non-hydrogen) atoms. The number of allylic oxidation sites excluding steroid dienone is 4. The molecule has 2 aliphatic rings. The molecule has 2 unspecified atom stereocenters. The molecule has 0 aromatic carbocycles. The van der Waals surface area contributed by atoms with Crippen LogP contribution in [0, 0.1) is 11.8 Å². The Morgan fingerprint density at radius 1 is 1.26 bits per heavy atom. The van der Waals surface area contributed by atoms with Crippen molar-refractivity contribution in [3.63, 3.8) is 0 Å². The molecule has 0 spiro atoms. The first kappa shape index (κ1) is 17.8. The fraction of sp³-hybridized carbons (Fsp3) is 0.684. The van der Waals surface area contributed by atoms with Gasteiger partial charge in [0.25, 0.3) is 0 Å². The van der Waals surface area contributed by atoms with Gasteiger partial charge in [-0.25, -0.2) is 0 Å². The summed E-state index contributed by atoms with van der Waals surface area (Å²) in [6.07, 6.45) is 11.2. The van der Waals surface area contributed by atoms with E-state index in [1.165, 1.54) is 0 Å². The number of carbonyl (C=O) groups excluding carboxylic acids is 1. The van der Waals surface area contributed by atoms with Crippen LogP contribution in [0.4, 0.5) is 0 Å². The Morgan fingerprint density at radius 3 is 2.70 bits per heavy atom. The van der Waals surface area contributed by atoms with Gasteiger partial charge in [0.05, 0.1) is 11.3 Å². The molecule has 128 valence electrons. The zero-order valence-corrected chi connectivity index (χ0v) is 14.4. The Labute approximate surface area is 139 Å². The average molecular weight is 319 g/mol. The summed E-state index contributed by atoms with van der Waals surface area (Å²) in [5.74, 6) is 1.01. The number of rotatable bonds is 7. The lowest BCUT2D eigenvalue weighted by Gasteiger charge is -2.31. The first-order valence-electron chi connectivity index (χ1n) is 8.96. The van der Waals surface area contributed by atoms with Crippen molar-refractivity contribution in [3.8, 4) is 0 Å². The van der Waals surface area contributed by atoms with Crippen molar-refractivity contribution in [1.82, 2.24) is 0 Å². The molecule has 0 fully saturated rings. The van der Waals surface area contributed by atoms with Crippen molar-refractivity contribution in [3.05, 3.63) is 23.5 Å². The highest BCUT2D eigenvalue weighted by Gasteiger charge is 2.34. The molecule has 0 radical (unpaired) electrons. The minimum Gasteiger partial charge on any atom is -0.511 e. The van der Waals surface area contributed by atoms with E-state index in [0.29, 0.717) is 43.1 Å². The Kier molecular flexibility index (Phi) is 6.87. The number of nitrogens with zero attached hydrogens (tertiary/aromatic N) is 1. The van der Waals surface area contributed by atoms with E-state index in [1.807, 2.05) is 13.8 Å². The summed E-state index contributed by atoms with van der Waals surface area (Å²) in [6.45, 7) is 4.59. The van der Waals surface area contributed by atoms with Crippen molar-refractivity contribution in [2.24, 2.45) is 17.0 Å². The van der Waals surface area contributed by atoms with Crippen molar-refractivity contribution >= 4 is 11.5 Å². The van der Waals surface area contributed by atoms with Crippen LogP contribution in [-0.4, -0.2) is 23.2 Å². The lowest BCUT2D eigenvalue weighted by atomic mass is 9.74. The number of aliphatic hydroxyl groups excluding tert-OH is 1.